The minimum Gasteiger partial charge on any atom is -0.351 e. The van der Waals surface area contributed by atoms with Crippen molar-refractivity contribution >= 4 is 5.91 Å². The standard InChI is InChI=1S/C16H21F3N2O/c1-4-15(22)20-11-14(21(5-2)6-3)12-7-9-13(10-8-12)16(17,18)19/h4,7-10,14H,1,5-6,11H2,2-3H3,(H,20,22)/t14-/m0/s1. The molecule has 1 atom stereocenters. The van der Waals surface area contributed by atoms with Gasteiger partial charge in [0.05, 0.1) is 11.6 Å². The highest BCUT2D eigenvalue weighted by atomic mass is 19.4. The van der Waals surface area contributed by atoms with E-state index in [9.17, 15) is 18.0 Å². The summed E-state index contributed by atoms with van der Waals surface area (Å²) < 4.78 is 37.9. The number of alkyl halides is 3. The van der Waals surface area contributed by atoms with Crippen LogP contribution in [0.4, 0.5) is 13.2 Å². The molecule has 1 aromatic rings. The van der Waals surface area contributed by atoms with E-state index in [2.05, 4.69) is 16.8 Å². The number of hydrogen-bond acceptors (Lipinski definition) is 2. The summed E-state index contributed by atoms with van der Waals surface area (Å²) in [6.07, 6.45) is -3.17. The zero-order valence-electron chi connectivity index (χ0n) is 12.8. The van der Waals surface area contributed by atoms with E-state index in [1.807, 2.05) is 13.8 Å². The van der Waals surface area contributed by atoms with Gasteiger partial charge in [-0.15, -0.1) is 0 Å². The number of carbonyl (C=O) groups excluding carboxylic acids is 1. The molecule has 1 aromatic carbocycles. The molecule has 0 saturated carbocycles. The first-order chi connectivity index (χ1) is 10.3. The van der Waals surface area contributed by atoms with Gasteiger partial charge in [0.2, 0.25) is 5.91 Å². The molecule has 0 aliphatic heterocycles. The first kappa shape index (κ1) is 18.2. The van der Waals surface area contributed by atoms with Crippen LogP contribution in [0.2, 0.25) is 0 Å². The lowest BCUT2D eigenvalue weighted by Crippen LogP contribution is -2.37. The zero-order valence-corrected chi connectivity index (χ0v) is 12.8. The summed E-state index contributed by atoms with van der Waals surface area (Å²) in [4.78, 5) is 13.4. The number of rotatable bonds is 7. The molecule has 122 valence electrons. The number of amides is 1. The van der Waals surface area contributed by atoms with Crippen LogP contribution in [-0.4, -0.2) is 30.4 Å². The van der Waals surface area contributed by atoms with Crippen molar-refractivity contribution in [3.05, 3.63) is 48.0 Å². The van der Waals surface area contributed by atoms with E-state index in [0.717, 1.165) is 30.8 Å². The molecule has 0 aromatic heterocycles. The average Bonchev–Trinajstić information content (AvgIpc) is 2.50. The molecule has 0 unspecified atom stereocenters. The Balaban J connectivity index is 2.99. The second-order valence-corrected chi connectivity index (χ2v) is 4.81. The van der Waals surface area contributed by atoms with E-state index < -0.39 is 11.7 Å². The van der Waals surface area contributed by atoms with Gasteiger partial charge in [0.1, 0.15) is 0 Å². The third kappa shape index (κ3) is 4.87. The Morgan fingerprint density at radius 1 is 1.27 bits per heavy atom. The van der Waals surface area contributed by atoms with E-state index in [-0.39, 0.29) is 11.9 Å². The highest BCUT2D eigenvalue weighted by Gasteiger charge is 2.30. The van der Waals surface area contributed by atoms with Gasteiger partial charge in [-0.2, -0.15) is 13.2 Å². The van der Waals surface area contributed by atoms with Gasteiger partial charge in [0.15, 0.2) is 0 Å². The lowest BCUT2D eigenvalue weighted by molar-refractivity contribution is -0.137. The van der Waals surface area contributed by atoms with Crippen molar-refractivity contribution in [1.82, 2.24) is 10.2 Å². The number of hydrogen-bond donors (Lipinski definition) is 1. The van der Waals surface area contributed by atoms with Crippen LogP contribution in [0, 0.1) is 0 Å². The van der Waals surface area contributed by atoms with Crippen molar-refractivity contribution in [1.29, 1.82) is 0 Å². The fourth-order valence-corrected chi connectivity index (χ4v) is 2.29. The van der Waals surface area contributed by atoms with Crippen molar-refractivity contribution in [2.24, 2.45) is 0 Å². The lowest BCUT2D eigenvalue weighted by atomic mass is 10.0. The van der Waals surface area contributed by atoms with Gasteiger partial charge in [-0.1, -0.05) is 32.6 Å². The van der Waals surface area contributed by atoms with Crippen molar-refractivity contribution in [3.8, 4) is 0 Å². The van der Waals surface area contributed by atoms with Gasteiger partial charge in [0, 0.05) is 6.54 Å². The van der Waals surface area contributed by atoms with Crippen LogP contribution in [0.5, 0.6) is 0 Å². The van der Waals surface area contributed by atoms with Gasteiger partial charge in [0.25, 0.3) is 0 Å². The number of benzene rings is 1. The number of nitrogens with zero attached hydrogens (tertiary/aromatic N) is 1. The molecule has 1 rings (SSSR count). The molecular formula is C16H21F3N2O. The quantitative estimate of drug-likeness (QED) is 0.783. The highest BCUT2D eigenvalue weighted by Crippen LogP contribution is 2.30. The van der Waals surface area contributed by atoms with Gasteiger partial charge < -0.3 is 5.32 Å². The summed E-state index contributed by atoms with van der Waals surface area (Å²) in [6, 6.07) is 4.89. The van der Waals surface area contributed by atoms with Crippen molar-refractivity contribution < 1.29 is 18.0 Å². The maximum absolute atomic E-state index is 12.6. The molecule has 0 radical (unpaired) electrons. The Bertz CT molecular complexity index is 493. The molecule has 0 spiro atoms. The Hall–Kier alpha value is -1.82. The van der Waals surface area contributed by atoms with E-state index in [1.54, 1.807) is 0 Å². The molecule has 1 N–H and O–H groups in total. The van der Waals surface area contributed by atoms with Gasteiger partial charge >= 0.3 is 6.18 Å². The van der Waals surface area contributed by atoms with E-state index >= 15 is 0 Å². The number of carbonyl (C=O) groups is 1. The van der Waals surface area contributed by atoms with Crippen LogP contribution in [0.1, 0.15) is 31.0 Å². The molecule has 0 aliphatic carbocycles. The normalized spacial score (nSPS) is 13.0. The number of nitrogens with one attached hydrogen (secondary N) is 1. The number of likely N-dealkylation sites (N-methyl/N-ethyl adjacent to an activating group) is 1. The average molecular weight is 314 g/mol. The molecule has 3 nitrogen and oxygen atoms in total. The first-order valence-corrected chi connectivity index (χ1v) is 7.14. The minimum absolute atomic E-state index is 0.179. The van der Waals surface area contributed by atoms with E-state index in [4.69, 9.17) is 0 Å². The maximum atomic E-state index is 12.6. The van der Waals surface area contributed by atoms with Crippen LogP contribution in [-0.2, 0) is 11.0 Å². The molecule has 0 heterocycles. The summed E-state index contributed by atoms with van der Waals surface area (Å²) >= 11 is 0. The fourth-order valence-electron chi connectivity index (χ4n) is 2.29. The SMILES string of the molecule is C=CC(=O)NC[C@@H](c1ccc(C(F)(F)F)cc1)N(CC)CC. The van der Waals surface area contributed by atoms with Crippen LogP contribution in [0.25, 0.3) is 0 Å². The molecule has 6 heteroatoms. The van der Waals surface area contributed by atoms with Crippen LogP contribution in [0.3, 0.4) is 0 Å². The molecule has 22 heavy (non-hydrogen) atoms. The smallest absolute Gasteiger partial charge is 0.351 e. The second-order valence-electron chi connectivity index (χ2n) is 4.81. The molecule has 0 aliphatic rings. The largest absolute Gasteiger partial charge is 0.416 e. The van der Waals surface area contributed by atoms with E-state index in [1.165, 1.54) is 18.2 Å². The van der Waals surface area contributed by atoms with Crippen LogP contribution < -0.4 is 5.32 Å². The predicted octanol–water partition coefficient (Wildman–Crippen LogP) is 3.39. The first-order valence-electron chi connectivity index (χ1n) is 7.14. The van der Waals surface area contributed by atoms with Crippen molar-refractivity contribution in [2.45, 2.75) is 26.1 Å². The van der Waals surface area contributed by atoms with Crippen molar-refractivity contribution in [3.63, 3.8) is 0 Å². The van der Waals surface area contributed by atoms with Gasteiger partial charge in [-0.05, 0) is 36.9 Å². The Morgan fingerprint density at radius 3 is 2.23 bits per heavy atom. The number of halogens is 3. The topological polar surface area (TPSA) is 32.3 Å². The summed E-state index contributed by atoms with van der Waals surface area (Å²) in [5, 5.41) is 2.70. The third-order valence-electron chi connectivity index (χ3n) is 3.53. The molecule has 1 amide bonds. The minimum atomic E-state index is -4.35. The molecule has 0 saturated heterocycles. The van der Waals surface area contributed by atoms with Crippen LogP contribution >= 0.6 is 0 Å². The molecule has 0 bridgehead atoms. The van der Waals surface area contributed by atoms with Crippen LogP contribution in [0.15, 0.2) is 36.9 Å². The van der Waals surface area contributed by atoms with Crippen molar-refractivity contribution in [2.75, 3.05) is 19.6 Å². The fraction of sp³-hybridized carbons (Fsp3) is 0.438. The zero-order chi connectivity index (χ0) is 16.8. The molecular weight excluding hydrogens is 293 g/mol. The Labute approximate surface area is 128 Å². The predicted molar refractivity (Wildman–Crippen MR) is 80.3 cm³/mol. The van der Waals surface area contributed by atoms with E-state index in [0.29, 0.717) is 6.54 Å². The summed E-state index contributed by atoms with van der Waals surface area (Å²) in [5.41, 5.74) is 0.0609. The van der Waals surface area contributed by atoms with Gasteiger partial charge in [-0.25, -0.2) is 0 Å². The maximum Gasteiger partial charge on any atom is 0.416 e. The third-order valence-corrected chi connectivity index (χ3v) is 3.53. The monoisotopic (exact) mass is 314 g/mol. The molecule has 0 fully saturated rings. The van der Waals surface area contributed by atoms with Gasteiger partial charge in [-0.3, -0.25) is 9.69 Å². The Kier molecular flexibility index (Phi) is 6.61. The summed E-state index contributed by atoms with van der Waals surface area (Å²) in [7, 11) is 0. The lowest BCUT2D eigenvalue weighted by Gasteiger charge is -2.30. The second kappa shape index (κ2) is 7.98. The Morgan fingerprint density at radius 2 is 1.82 bits per heavy atom. The highest BCUT2D eigenvalue weighted by molar-refractivity contribution is 5.86. The summed E-state index contributed by atoms with van der Waals surface area (Å²) in [5.74, 6) is -0.302. The summed E-state index contributed by atoms with van der Waals surface area (Å²) in [6.45, 7) is 9.09.